The number of carboxylic acids is 1. The summed E-state index contributed by atoms with van der Waals surface area (Å²) in [7, 11) is 0. The second-order valence-electron chi connectivity index (χ2n) is 5.23. The van der Waals surface area contributed by atoms with E-state index in [1.54, 1.807) is 32.9 Å². The van der Waals surface area contributed by atoms with Gasteiger partial charge in [0.05, 0.1) is 4.92 Å². The van der Waals surface area contributed by atoms with Gasteiger partial charge in [0.15, 0.2) is 11.9 Å². The number of carboxylic acid groups (broad SMARTS) is 1. The lowest BCUT2D eigenvalue weighted by Gasteiger charge is -2.17. The highest BCUT2D eigenvalue weighted by atomic mass is 16.6. The summed E-state index contributed by atoms with van der Waals surface area (Å²) in [6, 6.07) is 3.60. The van der Waals surface area contributed by atoms with Crippen LogP contribution in [-0.2, 0) is 4.79 Å². The molecule has 0 amide bonds. The number of benzene rings is 1. The Labute approximate surface area is 125 Å². The summed E-state index contributed by atoms with van der Waals surface area (Å²) in [5, 5.41) is 31.4. The first kappa shape index (κ1) is 15.5. The van der Waals surface area contributed by atoms with Crippen LogP contribution in [0.25, 0.3) is 11.4 Å². The molecular weight excluding hydrogens is 290 g/mol. The topological polar surface area (TPSA) is 124 Å². The maximum Gasteiger partial charge on any atom is 0.328 e. The second-order valence-corrected chi connectivity index (χ2v) is 5.23. The first-order chi connectivity index (χ1) is 10.3. The molecular formula is C13H15N5O4. The summed E-state index contributed by atoms with van der Waals surface area (Å²) in [5.74, 6) is -1.13. The summed E-state index contributed by atoms with van der Waals surface area (Å²) in [4.78, 5) is 22.0. The average Bonchev–Trinajstić information content (AvgIpc) is 2.87. The number of nitro benzene ring substituents is 1. The van der Waals surface area contributed by atoms with E-state index in [9.17, 15) is 20.0 Å². The van der Waals surface area contributed by atoms with Gasteiger partial charge in [0.25, 0.3) is 5.69 Å². The number of aromatic nitrogens is 4. The highest BCUT2D eigenvalue weighted by molar-refractivity contribution is 5.73. The van der Waals surface area contributed by atoms with Crippen molar-refractivity contribution < 1.29 is 14.8 Å². The predicted octanol–water partition coefficient (Wildman–Crippen LogP) is 1.84. The van der Waals surface area contributed by atoms with Crippen LogP contribution in [-0.4, -0.2) is 36.2 Å². The zero-order valence-electron chi connectivity index (χ0n) is 12.3. The molecule has 2 aromatic rings. The van der Waals surface area contributed by atoms with E-state index in [1.807, 2.05) is 0 Å². The minimum Gasteiger partial charge on any atom is -0.480 e. The van der Waals surface area contributed by atoms with Gasteiger partial charge in [-0.1, -0.05) is 26.0 Å². The summed E-state index contributed by atoms with van der Waals surface area (Å²) < 4.78 is 1.18. The van der Waals surface area contributed by atoms with E-state index in [-0.39, 0.29) is 17.4 Å². The lowest BCUT2D eigenvalue weighted by Crippen LogP contribution is -2.26. The Kier molecular flexibility index (Phi) is 4.15. The Bertz CT molecular complexity index is 725. The molecule has 1 aromatic carbocycles. The van der Waals surface area contributed by atoms with Gasteiger partial charge in [0.1, 0.15) is 0 Å². The van der Waals surface area contributed by atoms with Crippen molar-refractivity contribution in [2.45, 2.75) is 26.8 Å². The van der Waals surface area contributed by atoms with Gasteiger partial charge < -0.3 is 5.11 Å². The van der Waals surface area contributed by atoms with Crippen LogP contribution in [0.2, 0.25) is 0 Å². The van der Waals surface area contributed by atoms with Gasteiger partial charge in [-0.05, 0) is 23.3 Å². The molecule has 9 heteroatoms. The van der Waals surface area contributed by atoms with Crippen molar-refractivity contribution in [1.29, 1.82) is 0 Å². The van der Waals surface area contributed by atoms with Gasteiger partial charge in [-0.2, -0.15) is 0 Å². The summed E-state index contributed by atoms with van der Waals surface area (Å²) in [6.07, 6.45) is 0. The quantitative estimate of drug-likeness (QED) is 0.660. The molecule has 1 unspecified atom stereocenters. The number of aryl methyl sites for hydroxylation is 1. The first-order valence-corrected chi connectivity index (χ1v) is 6.59. The molecule has 0 saturated heterocycles. The minimum absolute atomic E-state index is 0.0662. The number of carbonyl (C=O) groups is 1. The van der Waals surface area contributed by atoms with Gasteiger partial charge in [-0.25, -0.2) is 9.48 Å². The zero-order chi connectivity index (χ0) is 16.4. The van der Waals surface area contributed by atoms with E-state index in [4.69, 9.17) is 0 Å². The molecule has 1 aromatic heterocycles. The van der Waals surface area contributed by atoms with Gasteiger partial charge >= 0.3 is 5.97 Å². The van der Waals surface area contributed by atoms with Crippen LogP contribution in [0.4, 0.5) is 5.69 Å². The first-order valence-electron chi connectivity index (χ1n) is 6.59. The Morgan fingerprint density at radius 2 is 2.09 bits per heavy atom. The number of rotatable bonds is 5. The average molecular weight is 305 g/mol. The van der Waals surface area contributed by atoms with Crippen molar-refractivity contribution in [3.05, 3.63) is 33.9 Å². The molecule has 1 heterocycles. The highest BCUT2D eigenvalue weighted by Crippen LogP contribution is 2.28. The SMILES string of the molecule is Cc1ccc(-c2nnnn2C(C(=O)O)C(C)C)cc1[N+](=O)[O-]. The monoisotopic (exact) mass is 305 g/mol. The van der Waals surface area contributed by atoms with Crippen LogP contribution in [0.5, 0.6) is 0 Å². The molecule has 0 aliphatic heterocycles. The van der Waals surface area contributed by atoms with Crippen molar-refractivity contribution >= 4 is 11.7 Å². The maximum atomic E-state index is 11.4. The number of nitrogens with zero attached hydrogens (tertiary/aromatic N) is 5. The number of tetrazole rings is 1. The summed E-state index contributed by atoms with van der Waals surface area (Å²) >= 11 is 0. The van der Waals surface area contributed by atoms with Crippen LogP contribution in [0, 0.1) is 23.0 Å². The van der Waals surface area contributed by atoms with Gasteiger partial charge in [-0.15, -0.1) is 5.10 Å². The Morgan fingerprint density at radius 3 is 2.64 bits per heavy atom. The molecule has 0 spiro atoms. The van der Waals surface area contributed by atoms with E-state index in [2.05, 4.69) is 15.5 Å². The molecule has 1 N–H and O–H groups in total. The van der Waals surface area contributed by atoms with Crippen molar-refractivity contribution in [2.75, 3.05) is 0 Å². The number of nitro groups is 1. The lowest BCUT2D eigenvalue weighted by atomic mass is 10.0. The van der Waals surface area contributed by atoms with E-state index >= 15 is 0 Å². The van der Waals surface area contributed by atoms with Crippen molar-refractivity contribution in [3.63, 3.8) is 0 Å². The van der Waals surface area contributed by atoms with E-state index in [0.29, 0.717) is 11.1 Å². The number of hydrogen-bond acceptors (Lipinski definition) is 6. The Morgan fingerprint density at radius 1 is 1.41 bits per heavy atom. The number of hydrogen-bond donors (Lipinski definition) is 1. The van der Waals surface area contributed by atoms with Crippen LogP contribution in [0.1, 0.15) is 25.5 Å². The van der Waals surface area contributed by atoms with Crippen molar-refractivity contribution in [2.24, 2.45) is 5.92 Å². The molecule has 2 rings (SSSR count). The third-order valence-corrected chi connectivity index (χ3v) is 3.30. The standard InChI is InChI=1S/C13H15N5O4/c1-7(2)11(13(19)20)17-12(14-15-16-17)9-5-4-8(3)10(6-9)18(21)22/h4-7,11H,1-3H3,(H,19,20). The molecule has 0 bridgehead atoms. The minimum atomic E-state index is -1.06. The third-order valence-electron chi connectivity index (χ3n) is 3.30. The fourth-order valence-corrected chi connectivity index (χ4v) is 2.19. The van der Waals surface area contributed by atoms with Gasteiger partial charge in [0.2, 0.25) is 0 Å². The molecule has 0 aliphatic rings. The highest BCUT2D eigenvalue weighted by Gasteiger charge is 2.28. The van der Waals surface area contributed by atoms with Crippen LogP contribution in [0.3, 0.4) is 0 Å². The smallest absolute Gasteiger partial charge is 0.328 e. The predicted molar refractivity (Wildman–Crippen MR) is 76.2 cm³/mol. The molecule has 9 nitrogen and oxygen atoms in total. The fraction of sp³-hybridized carbons (Fsp3) is 0.385. The zero-order valence-corrected chi connectivity index (χ0v) is 12.3. The summed E-state index contributed by atoms with van der Waals surface area (Å²) in [5.41, 5.74) is 0.837. The lowest BCUT2D eigenvalue weighted by molar-refractivity contribution is -0.385. The molecule has 0 aliphatic carbocycles. The van der Waals surface area contributed by atoms with Gasteiger partial charge in [-0.3, -0.25) is 10.1 Å². The van der Waals surface area contributed by atoms with Crippen LogP contribution in [0.15, 0.2) is 18.2 Å². The normalized spacial score (nSPS) is 12.4. The molecule has 0 saturated carbocycles. The van der Waals surface area contributed by atoms with Crippen LogP contribution < -0.4 is 0 Å². The molecule has 22 heavy (non-hydrogen) atoms. The summed E-state index contributed by atoms with van der Waals surface area (Å²) in [6.45, 7) is 5.10. The largest absolute Gasteiger partial charge is 0.480 e. The third kappa shape index (κ3) is 2.78. The fourth-order valence-electron chi connectivity index (χ4n) is 2.19. The Hall–Kier alpha value is -2.84. The second kappa shape index (κ2) is 5.88. The van der Waals surface area contributed by atoms with Gasteiger partial charge in [0, 0.05) is 17.2 Å². The van der Waals surface area contributed by atoms with Crippen LogP contribution >= 0.6 is 0 Å². The number of aliphatic carboxylic acids is 1. The van der Waals surface area contributed by atoms with Crippen molar-refractivity contribution in [3.8, 4) is 11.4 Å². The van der Waals surface area contributed by atoms with E-state index in [1.165, 1.54) is 10.7 Å². The van der Waals surface area contributed by atoms with Crippen molar-refractivity contribution in [1.82, 2.24) is 20.2 Å². The maximum absolute atomic E-state index is 11.4. The van der Waals surface area contributed by atoms with E-state index in [0.717, 1.165) is 0 Å². The van der Waals surface area contributed by atoms with E-state index < -0.39 is 16.9 Å². The molecule has 116 valence electrons. The molecule has 1 atom stereocenters. The Balaban J connectivity index is 2.56. The molecule has 0 radical (unpaired) electrons. The molecule has 0 fully saturated rings.